The summed E-state index contributed by atoms with van der Waals surface area (Å²) in [5, 5.41) is 10.5. The zero-order valence-corrected chi connectivity index (χ0v) is 13.4. The molecule has 6 nitrogen and oxygen atoms in total. The molecule has 1 aromatic carbocycles. The number of aryl methyl sites for hydroxylation is 2. The lowest BCUT2D eigenvalue weighted by atomic mass is 10.2. The third kappa shape index (κ3) is 3.42. The van der Waals surface area contributed by atoms with Gasteiger partial charge >= 0.3 is 0 Å². The maximum atomic E-state index is 12.9. The second-order valence-electron chi connectivity index (χ2n) is 4.94. The Kier molecular flexibility index (Phi) is 4.16. The lowest BCUT2D eigenvalue weighted by Crippen LogP contribution is -2.23. The van der Waals surface area contributed by atoms with Gasteiger partial charge < -0.3 is 5.32 Å². The number of amides is 1. The fourth-order valence-electron chi connectivity index (χ4n) is 2.09. The number of H-pyrrole nitrogens is 1. The summed E-state index contributed by atoms with van der Waals surface area (Å²) >= 11 is 1.36. The maximum Gasteiger partial charge on any atom is 0.263 e. The van der Waals surface area contributed by atoms with Crippen LogP contribution >= 0.6 is 11.3 Å². The van der Waals surface area contributed by atoms with Crippen LogP contribution < -0.4 is 5.32 Å². The van der Waals surface area contributed by atoms with Crippen LogP contribution in [0.2, 0.25) is 0 Å². The van der Waals surface area contributed by atoms with Crippen molar-refractivity contribution in [1.29, 1.82) is 0 Å². The van der Waals surface area contributed by atoms with Gasteiger partial charge in [-0.15, -0.1) is 11.3 Å². The first-order valence-corrected chi connectivity index (χ1v) is 7.74. The summed E-state index contributed by atoms with van der Waals surface area (Å²) in [7, 11) is 0. The van der Waals surface area contributed by atoms with E-state index in [-0.39, 0.29) is 18.3 Å². The van der Waals surface area contributed by atoms with Crippen LogP contribution in [-0.4, -0.2) is 26.1 Å². The van der Waals surface area contributed by atoms with Crippen LogP contribution in [0.25, 0.3) is 11.4 Å². The zero-order chi connectivity index (χ0) is 16.4. The smallest absolute Gasteiger partial charge is 0.263 e. The summed E-state index contributed by atoms with van der Waals surface area (Å²) in [5.74, 6) is 0.482. The highest BCUT2D eigenvalue weighted by Crippen LogP contribution is 2.17. The average Bonchev–Trinajstić information content (AvgIpc) is 3.12. The molecule has 8 heteroatoms. The quantitative estimate of drug-likeness (QED) is 0.770. The number of halogens is 1. The third-order valence-corrected chi connectivity index (χ3v) is 4.23. The zero-order valence-electron chi connectivity index (χ0n) is 12.6. The fourth-order valence-corrected chi connectivity index (χ4v) is 2.92. The molecule has 118 valence electrons. The van der Waals surface area contributed by atoms with Crippen molar-refractivity contribution in [1.82, 2.24) is 25.5 Å². The van der Waals surface area contributed by atoms with Crippen LogP contribution in [0.1, 0.15) is 26.2 Å². The SMILES string of the molecule is Cc1nc(C)c(C(=O)NCc2nc(-c3ccc(F)cc3)n[nH]2)s1. The minimum absolute atomic E-state index is 0.187. The van der Waals surface area contributed by atoms with Crippen LogP contribution in [0.4, 0.5) is 4.39 Å². The molecule has 0 aliphatic heterocycles. The van der Waals surface area contributed by atoms with Crippen molar-refractivity contribution in [2.45, 2.75) is 20.4 Å². The van der Waals surface area contributed by atoms with Crippen molar-refractivity contribution in [3.63, 3.8) is 0 Å². The van der Waals surface area contributed by atoms with Crippen molar-refractivity contribution in [3.8, 4) is 11.4 Å². The Labute approximate surface area is 135 Å². The first-order chi connectivity index (χ1) is 11.0. The molecule has 0 spiro atoms. The van der Waals surface area contributed by atoms with Gasteiger partial charge in [-0.3, -0.25) is 9.89 Å². The van der Waals surface area contributed by atoms with Crippen molar-refractivity contribution in [2.24, 2.45) is 0 Å². The van der Waals surface area contributed by atoms with E-state index in [1.807, 2.05) is 6.92 Å². The lowest BCUT2D eigenvalue weighted by Gasteiger charge is -2.00. The molecule has 1 amide bonds. The predicted molar refractivity (Wildman–Crippen MR) is 84.5 cm³/mol. The van der Waals surface area contributed by atoms with Crippen LogP contribution in [0.15, 0.2) is 24.3 Å². The van der Waals surface area contributed by atoms with E-state index in [2.05, 4.69) is 25.5 Å². The first-order valence-electron chi connectivity index (χ1n) is 6.92. The second kappa shape index (κ2) is 6.25. The van der Waals surface area contributed by atoms with Gasteiger partial charge in [0.15, 0.2) is 5.82 Å². The molecule has 0 saturated carbocycles. The number of hydrogen-bond acceptors (Lipinski definition) is 5. The number of nitrogens with zero attached hydrogens (tertiary/aromatic N) is 3. The molecular formula is C15H14FN5OS. The van der Waals surface area contributed by atoms with E-state index in [1.165, 1.54) is 23.5 Å². The minimum Gasteiger partial charge on any atom is -0.344 e. The van der Waals surface area contributed by atoms with E-state index in [0.717, 1.165) is 10.7 Å². The van der Waals surface area contributed by atoms with Gasteiger partial charge in [0, 0.05) is 5.56 Å². The number of rotatable bonds is 4. The van der Waals surface area contributed by atoms with Crippen LogP contribution in [0.3, 0.4) is 0 Å². The molecule has 0 saturated heterocycles. The Morgan fingerprint density at radius 2 is 2.00 bits per heavy atom. The number of aromatic amines is 1. The van der Waals surface area contributed by atoms with E-state index in [1.54, 1.807) is 19.1 Å². The minimum atomic E-state index is -0.313. The number of nitrogens with one attached hydrogen (secondary N) is 2. The molecule has 3 aromatic rings. The molecule has 2 aromatic heterocycles. The van der Waals surface area contributed by atoms with Crippen molar-refractivity contribution in [3.05, 3.63) is 51.5 Å². The molecule has 23 heavy (non-hydrogen) atoms. The number of thiazole rings is 1. The average molecular weight is 331 g/mol. The fraction of sp³-hybridized carbons (Fsp3) is 0.200. The number of benzene rings is 1. The van der Waals surface area contributed by atoms with E-state index in [0.29, 0.717) is 22.1 Å². The first kappa shape index (κ1) is 15.3. The topological polar surface area (TPSA) is 83.6 Å². The standard InChI is InChI=1S/C15H14FN5OS/c1-8-13(23-9(2)18-8)15(22)17-7-12-19-14(21-20-12)10-3-5-11(16)6-4-10/h3-6H,7H2,1-2H3,(H,17,22)(H,19,20,21). The molecule has 0 radical (unpaired) electrons. The van der Waals surface area contributed by atoms with Crippen molar-refractivity contribution >= 4 is 17.2 Å². The van der Waals surface area contributed by atoms with E-state index >= 15 is 0 Å². The number of carbonyl (C=O) groups excluding carboxylic acids is 1. The van der Waals surface area contributed by atoms with E-state index < -0.39 is 0 Å². The van der Waals surface area contributed by atoms with Gasteiger partial charge in [-0.1, -0.05) is 0 Å². The summed E-state index contributed by atoms with van der Waals surface area (Å²) in [6, 6.07) is 5.90. The highest BCUT2D eigenvalue weighted by atomic mass is 32.1. The van der Waals surface area contributed by atoms with Gasteiger partial charge in [-0.2, -0.15) is 5.10 Å². The van der Waals surface area contributed by atoms with E-state index in [9.17, 15) is 9.18 Å². The molecule has 2 heterocycles. The molecule has 3 rings (SSSR count). The predicted octanol–water partition coefficient (Wildman–Crippen LogP) is 2.61. The molecular weight excluding hydrogens is 317 g/mol. The van der Waals surface area contributed by atoms with Crippen LogP contribution in [0.5, 0.6) is 0 Å². The molecule has 0 unspecified atom stereocenters. The van der Waals surface area contributed by atoms with Crippen molar-refractivity contribution in [2.75, 3.05) is 0 Å². The van der Waals surface area contributed by atoms with Gasteiger partial charge in [0.25, 0.3) is 5.91 Å². The molecule has 0 atom stereocenters. The highest BCUT2D eigenvalue weighted by molar-refractivity contribution is 7.13. The van der Waals surface area contributed by atoms with Gasteiger partial charge in [0.1, 0.15) is 16.5 Å². The second-order valence-corrected chi connectivity index (χ2v) is 6.15. The number of aromatic nitrogens is 4. The van der Waals surface area contributed by atoms with Crippen LogP contribution in [0, 0.1) is 19.7 Å². The number of carbonyl (C=O) groups is 1. The maximum absolute atomic E-state index is 12.9. The van der Waals surface area contributed by atoms with Gasteiger partial charge in [0.2, 0.25) is 0 Å². The van der Waals surface area contributed by atoms with Crippen LogP contribution in [-0.2, 0) is 6.54 Å². The molecule has 0 fully saturated rings. The summed E-state index contributed by atoms with van der Waals surface area (Å²) in [5.41, 5.74) is 1.42. The summed E-state index contributed by atoms with van der Waals surface area (Å²) in [4.78, 5) is 21.2. The Balaban J connectivity index is 1.66. The Bertz CT molecular complexity index is 840. The Morgan fingerprint density at radius 3 is 2.65 bits per heavy atom. The summed E-state index contributed by atoms with van der Waals surface area (Å²) in [6.07, 6.45) is 0. The Morgan fingerprint density at radius 1 is 1.26 bits per heavy atom. The highest BCUT2D eigenvalue weighted by Gasteiger charge is 2.14. The van der Waals surface area contributed by atoms with Gasteiger partial charge in [0.05, 0.1) is 17.2 Å². The molecule has 0 aliphatic rings. The largest absolute Gasteiger partial charge is 0.344 e. The molecule has 0 bridgehead atoms. The van der Waals surface area contributed by atoms with Gasteiger partial charge in [-0.05, 0) is 38.1 Å². The third-order valence-electron chi connectivity index (χ3n) is 3.16. The molecule has 0 aliphatic carbocycles. The monoisotopic (exact) mass is 331 g/mol. The van der Waals surface area contributed by atoms with E-state index in [4.69, 9.17) is 0 Å². The molecule has 2 N–H and O–H groups in total. The number of hydrogen-bond donors (Lipinski definition) is 2. The summed E-state index contributed by atoms with van der Waals surface area (Å²) in [6.45, 7) is 3.89. The Hall–Kier alpha value is -2.61. The van der Waals surface area contributed by atoms with Crippen molar-refractivity contribution < 1.29 is 9.18 Å². The van der Waals surface area contributed by atoms with Gasteiger partial charge in [-0.25, -0.2) is 14.4 Å². The summed E-state index contributed by atoms with van der Waals surface area (Å²) < 4.78 is 12.9. The normalized spacial score (nSPS) is 10.7. The lowest BCUT2D eigenvalue weighted by molar-refractivity contribution is 0.0953.